The average molecular weight is 143 g/mol. The van der Waals surface area contributed by atoms with E-state index in [2.05, 4.69) is 0 Å². The number of fused-ring (bicyclic) bond motifs is 1. The molecule has 3 atom stereocenters. The average Bonchev–Trinajstić information content (AvgIpc) is 2.61. The van der Waals surface area contributed by atoms with Crippen molar-refractivity contribution in [1.29, 1.82) is 0 Å². The van der Waals surface area contributed by atoms with Gasteiger partial charge in [0.1, 0.15) is 0 Å². The molecular formula is C7H12N2O. The van der Waals surface area contributed by atoms with Crippen molar-refractivity contribution in [3.63, 3.8) is 0 Å². The Morgan fingerprint density at radius 2 is 2.80 bits per heavy atom. The van der Waals surface area contributed by atoms with Crippen LogP contribution in [0.5, 0.6) is 0 Å². The molecule has 2 heterocycles. The molecule has 1 amide bonds. The van der Waals surface area contributed by atoms with Crippen molar-refractivity contribution in [3.05, 3.63) is 0 Å². The third-order valence-electron chi connectivity index (χ3n) is 2.45. The number of carbonyl (C=O) groups excluding carboxylic acids is 1. The van der Waals surface area contributed by atoms with Gasteiger partial charge in [-0.15, -0.1) is 0 Å². The van der Waals surface area contributed by atoms with Crippen molar-refractivity contribution in [3.8, 4) is 0 Å². The van der Waals surface area contributed by atoms with Crippen LogP contribution in [-0.4, -0.2) is 28.9 Å². The molecule has 3 heteroatoms. The SMILES string of the molecule is [2H]C([2H])([2H])C1(C(N)=O)CCC2CN21. The molecule has 0 aliphatic carbocycles. The summed E-state index contributed by atoms with van der Waals surface area (Å²) in [7, 11) is 0. The Labute approximate surface area is 64.4 Å². The fourth-order valence-electron chi connectivity index (χ4n) is 1.68. The molecule has 2 rings (SSSR count). The zero-order valence-corrected chi connectivity index (χ0v) is 5.63. The Morgan fingerprint density at radius 1 is 2.00 bits per heavy atom. The van der Waals surface area contributed by atoms with Crippen LogP contribution in [0.3, 0.4) is 0 Å². The zero-order valence-electron chi connectivity index (χ0n) is 8.63. The van der Waals surface area contributed by atoms with Gasteiger partial charge in [-0.1, -0.05) is 0 Å². The van der Waals surface area contributed by atoms with E-state index in [9.17, 15) is 4.79 Å². The summed E-state index contributed by atoms with van der Waals surface area (Å²) in [6, 6.07) is 0.285. The first-order chi connectivity index (χ1) is 5.89. The zero-order chi connectivity index (χ0) is 9.85. The molecule has 0 saturated carbocycles. The van der Waals surface area contributed by atoms with Gasteiger partial charge in [0.2, 0.25) is 5.91 Å². The second kappa shape index (κ2) is 1.53. The summed E-state index contributed by atoms with van der Waals surface area (Å²) in [5.74, 6) is -0.701. The van der Waals surface area contributed by atoms with Crippen molar-refractivity contribution in [1.82, 2.24) is 4.90 Å². The topological polar surface area (TPSA) is 46.1 Å². The Bertz CT molecular complexity index is 265. The first-order valence-corrected chi connectivity index (χ1v) is 3.46. The lowest BCUT2D eigenvalue weighted by Gasteiger charge is -2.22. The Kier molecular flexibility index (Phi) is 0.569. The van der Waals surface area contributed by atoms with E-state index >= 15 is 0 Å². The number of nitrogens with zero attached hydrogens (tertiary/aromatic N) is 1. The van der Waals surface area contributed by atoms with Gasteiger partial charge in [-0.05, 0) is 19.7 Å². The minimum atomic E-state index is -2.29. The van der Waals surface area contributed by atoms with Crippen molar-refractivity contribution in [2.45, 2.75) is 31.3 Å². The largest absolute Gasteiger partial charge is 0.368 e. The van der Waals surface area contributed by atoms with Gasteiger partial charge in [0, 0.05) is 16.7 Å². The molecule has 0 radical (unpaired) electrons. The maximum absolute atomic E-state index is 11.2. The van der Waals surface area contributed by atoms with E-state index in [0.717, 1.165) is 6.42 Å². The summed E-state index contributed by atoms with van der Waals surface area (Å²) >= 11 is 0. The maximum atomic E-state index is 11.2. The van der Waals surface area contributed by atoms with Crippen LogP contribution in [-0.2, 0) is 4.79 Å². The maximum Gasteiger partial charge on any atom is 0.237 e. The number of piperidine rings is 1. The number of hydrogen-bond acceptors (Lipinski definition) is 2. The Hall–Kier alpha value is -0.570. The summed E-state index contributed by atoms with van der Waals surface area (Å²) in [6.45, 7) is -1.58. The molecule has 0 aromatic carbocycles. The predicted molar refractivity (Wildman–Crippen MR) is 37.3 cm³/mol. The minimum absolute atomic E-state index is 0.285. The van der Waals surface area contributed by atoms with Crippen LogP contribution in [0.2, 0.25) is 0 Å². The highest BCUT2D eigenvalue weighted by Gasteiger charge is 2.55. The number of primary amides is 1. The van der Waals surface area contributed by atoms with Gasteiger partial charge in [-0.25, -0.2) is 0 Å². The molecule has 0 aromatic rings. The summed E-state index contributed by atoms with van der Waals surface area (Å²) in [5, 5.41) is 0. The molecule has 3 nitrogen and oxygen atoms in total. The lowest BCUT2D eigenvalue weighted by molar-refractivity contribution is -0.125. The van der Waals surface area contributed by atoms with Crippen molar-refractivity contribution in [2.24, 2.45) is 5.73 Å². The van der Waals surface area contributed by atoms with Crippen LogP contribution in [0.1, 0.15) is 23.8 Å². The summed E-state index contributed by atoms with van der Waals surface area (Å²) < 4.78 is 22.1. The summed E-state index contributed by atoms with van der Waals surface area (Å²) in [5.41, 5.74) is 3.83. The molecule has 3 unspecified atom stereocenters. The van der Waals surface area contributed by atoms with Gasteiger partial charge >= 0.3 is 0 Å². The molecule has 56 valence electrons. The van der Waals surface area contributed by atoms with Gasteiger partial charge in [0.25, 0.3) is 0 Å². The number of nitrogens with two attached hydrogens (primary N) is 1. The number of carbonyl (C=O) groups is 1. The van der Waals surface area contributed by atoms with Crippen LogP contribution in [0.4, 0.5) is 0 Å². The number of amides is 1. The van der Waals surface area contributed by atoms with Crippen LogP contribution in [0.15, 0.2) is 0 Å². The number of hydrogen-bond donors (Lipinski definition) is 1. The third kappa shape index (κ3) is 0.560. The lowest BCUT2D eigenvalue weighted by Crippen LogP contribution is -2.45. The van der Waals surface area contributed by atoms with Crippen LogP contribution < -0.4 is 5.73 Å². The van der Waals surface area contributed by atoms with E-state index in [-0.39, 0.29) is 6.04 Å². The highest BCUT2D eigenvalue weighted by Crippen LogP contribution is 2.42. The highest BCUT2D eigenvalue weighted by molar-refractivity contribution is 5.85. The van der Waals surface area contributed by atoms with Crippen molar-refractivity contribution in [2.75, 3.05) is 6.54 Å². The fraction of sp³-hybridized carbons (Fsp3) is 0.857. The molecular weight excluding hydrogens is 128 g/mol. The summed E-state index contributed by atoms with van der Waals surface area (Å²) in [6.07, 6.45) is 1.16. The van der Waals surface area contributed by atoms with Gasteiger partial charge in [0.15, 0.2) is 0 Å². The lowest BCUT2D eigenvalue weighted by atomic mass is 9.97. The normalized spacial score (nSPS) is 56.2. The number of rotatable bonds is 1. The molecule has 2 N–H and O–H groups in total. The third-order valence-corrected chi connectivity index (χ3v) is 2.45. The van der Waals surface area contributed by atoms with E-state index in [0.29, 0.717) is 13.0 Å². The quantitative estimate of drug-likeness (QED) is 0.513. The summed E-state index contributed by atoms with van der Waals surface area (Å²) in [4.78, 5) is 12.9. The Balaban J connectivity index is 2.37. The molecule has 10 heavy (non-hydrogen) atoms. The second-order valence-electron chi connectivity index (χ2n) is 3.07. The van der Waals surface area contributed by atoms with E-state index in [4.69, 9.17) is 9.85 Å². The van der Waals surface area contributed by atoms with E-state index < -0.39 is 18.3 Å². The molecule has 2 aliphatic heterocycles. The van der Waals surface area contributed by atoms with E-state index in [1.54, 1.807) is 4.90 Å². The molecule has 0 bridgehead atoms. The van der Waals surface area contributed by atoms with Gasteiger partial charge in [0.05, 0.1) is 5.54 Å². The second-order valence-corrected chi connectivity index (χ2v) is 3.07. The smallest absolute Gasteiger partial charge is 0.237 e. The van der Waals surface area contributed by atoms with Crippen molar-refractivity contribution < 1.29 is 8.91 Å². The fourth-order valence-corrected chi connectivity index (χ4v) is 1.68. The highest BCUT2D eigenvalue weighted by atomic mass is 16.1. The molecule has 0 spiro atoms. The van der Waals surface area contributed by atoms with Crippen molar-refractivity contribution >= 4 is 5.91 Å². The van der Waals surface area contributed by atoms with E-state index in [1.165, 1.54) is 0 Å². The van der Waals surface area contributed by atoms with E-state index in [1.807, 2.05) is 0 Å². The van der Waals surface area contributed by atoms with Crippen LogP contribution in [0.25, 0.3) is 0 Å². The predicted octanol–water partition coefficient (Wildman–Crippen LogP) is -0.292. The van der Waals surface area contributed by atoms with Crippen LogP contribution in [0, 0.1) is 0 Å². The Morgan fingerprint density at radius 3 is 3.00 bits per heavy atom. The molecule has 2 fully saturated rings. The van der Waals surface area contributed by atoms with Gasteiger partial charge in [-0.3, -0.25) is 9.69 Å². The minimum Gasteiger partial charge on any atom is -0.368 e. The first kappa shape index (κ1) is 3.72. The standard InChI is InChI=1S/C7H12N2O/c1-7(6(8)10)3-2-5-4-9(5)7/h5H,2-4H2,1H3,(H2,8,10)/i1D3. The molecule has 0 aromatic heterocycles. The van der Waals surface area contributed by atoms with Gasteiger partial charge < -0.3 is 5.73 Å². The van der Waals surface area contributed by atoms with Crippen LogP contribution >= 0.6 is 0 Å². The molecule has 2 saturated heterocycles. The first-order valence-electron chi connectivity index (χ1n) is 4.96. The molecule has 2 aliphatic rings. The van der Waals surface area contributed by atoms with Gasteiger partial charge in [-0.2, -0.15) is 0 Å². The monoisotopic (exact) mass is 143 g/mol.